The van der Waals surface area contributed by atoms with Crippen LogP contribution in [0.1, 0.15) is 43.4 Å². The molecule has 1 aromatic carbocycles. The van der Waals surface area contributed by atoms with Crippen molar-refractivity contribution in [3.63, 3.8) is 0 Å². The molecular formula is C18H29N2O5P. The van der Waals surface area contributed by atoms with Gasteiger partial charge in [-0.3, -0.25) is 14.8 Å². The molecule has 0 aliphatic carbocycles. The third kappa shape index (κ3) is 8.13. The second kappa shape index (κ2) is 10.5. The van der Waals surface area contributed by atoms with Gasteiger partial charge in [0.25, 0.3) is 5.91 Å². The maximum absolute atomic E-state index is 12.2. The van der Waals surface area contributed by atoms with Crippen LogP contribution in [-0.2, 0) is 20.6 Å². The number of unbranched alkanes of at least 4 members (excludes halogenated alkanes) is 1. The number of hydrogen-bond acceptors (Lipinski definition) is 5. The summed E-state index contributed by atoms with van der Waals surface area (Å²) in [5.74, 6) is -1.78. The maximum Gasteiger partial charge on any atom is 0.305 e. The van der Waals surface area contributed by atoms with Gasteiger partial charge in [-0.05, 0) is 37.3 Å². The highest BCUT2D eigenvalue weighted by molar-refractivity contribution is 7.62. The molecule has 1 unspecified atom stereocenters. The monoisotopic (exact) mass is 384 g/mol. The summed E-state index contributed by atoms with van der Waals surface area (Å²) in [4.78, 5) is 23.3. The van der Waals surface area contributed by atoms with Gasteiger partial charge in [0.2, 0.25) is 0 Å². The van der Waals surface area contributed by atoms with Crippen molar-refractivity contribution in [2.24, 2.45) is 0 Å². The topological polar surface area (TPSA) is 107 Å². The Morgan fingerprint density at radius 2 is 1.85 bits per heavy atom. The molecule has 0 heterocycles. The molecular weight excluding hydrogens is 355 g/mol. The van der Waals surface area contributed by atoms with E-state index in [4.69, 9.17) is 5.11 Å². The highest BCUT2D eigenvalue weighted by Crippen LogP contribution is 2.33. The number of carboxylic acids is 1. The summed E-state index contributed by atoms with van der Waals surface area (Å²) >= 11 is 0. The Morgan fingerprint density at radius 1 is 1.23 bits per heavy atom. The Balaban J connectivity index is 2.82. The fourth-order valence-corrected chi connectivity index (χ4v) is 3.14. The first kappa shape index (κ1) is 22.4. The number of hydrogen-bond donors (Lipinski definition) is 3. The Hall–Kier alpha value is -1.69. The van der Waals surface area contributed by atoms with Crippen LogP contribution in [0.4, 0.5) is 0 Å². The number of carbonyl (C=O) groups is 2. The number of aryl methyl sites for hydroxylation is 1. The molecule has 8 heteroatoms. The fraction of sp³-hybridized carbons (Fsp3) is 0.556. The molecule has 26 heavy (non-hydrogen) atoms. The summed E-state index contributed by atoms with van der Waals surface area (Å²) in [5.41, 5.74) is 1.68. The van der Waals surface area contributed by atoms with Crippen molar-refractivity contribution in [2.45, 2.75) is 38.6 Å². The van der Waals surface area contributed by atoms with Crippen molar-refractivity contribution in [3.05, 3.63) is 35.4 Å². The van der Waals surface area contributed by atoms with Crippen LogP contribution in [-0.4, -0.2) is 53.4 Å². The number of nitrogens with zero attached hydrogens (tertiary/aromatic N) is 1. The van der Waals surface area contributed by atoms with Gasteiger partial charge >= 0.3 is 5.97 Å². The molecule has 0 bridgehead atoms. The molecule has 0 aliphatic rings. The molecule has 1 atom stereocenters. The van der Waals surface area contributed by atoms with Gasteiger partial charge in [-0.1, -0.05) is 37.6 Å². The van der Waals surface area contributed by atoms with Crippen molar-refractivity contribution in [3.8, 4) is 0 Å². The molecule has 0 aromatic heterocycles. The highest BCUT2D eigenvalue weighted by Gasteiger charge is 2.26. The zero-order valence-electron chi connectivity index (χ0n) is 15.6. The minimum Gasteiger partial charge on any atom is -0.481 e. The van der Waals surface area contributed by atoms with Crippen LogP contribution in [0.25, 0.3) is 0 Å². The van der Waals surface area contributed by atoms with Crippen LogP contribution in [0.3, 0.4) is 0 Å². The van der Waals surface area contributed by atoms with E-state index in [0.717, 1.165) is 24.8 Å². The summed E-state index contributed by atoms with van der Waals surface area (Å²) in [6.07, 6.45) is 2.84. The summed E-state index contributed by atoms with van der Waals surface area (Å²) in [5, 5.41) is 22.6. The van der Waals surface area contributed by atoms with E-state index in [0.29, 0.717) is 10.6 Å². The van der Waals surface area contributed by atoms with Gasteiger partial charge in [-0.2, -0.15) is 0 Å². The second-order valence-electron chi connectivity index (χ2n) is 6.86. The van der Waals surface area contributed by atoms with E-state index >= 15 is 0 Å². The number of carboxylic acid groups (broad SMARTS) is 1. The summed E-state index contributed by atoms with van der Waals surface area (Å²) < 4.78 is 11.6. The lowest BCUT2D eigenvalue weighted by Crippen LogP contribution is -2.39. The van der Waals surface area contributed by atoms with E-state index in [-0.39, 0.29) is 12.8 Å². The fourth-order valence-electron chi connectivity index (χ4n) is 2.49. The molecule has 0 spiro atoms. The van der Waals surface area contributed by atoms with Gasteiger partial charge in [-0.15, -0.1) is 0 Å². The molecule has 0 saturated carbocycles. The third-order valence-corrected chi connectivity index (χ3v) is 4.86. The minimum absolute atomic E-state index is 0.169. The first-order chi connectivity index (χ1) is 12.1. The van der Waals surface area contributed by atoms with Crippen molar-refractivity contribution in [2.75, 3.05) is 26.2 Å². The number of nitrogens with one attached hydrogen (secondary N) is 1. The molecule has 3 N–H and O–H groups in total. The number of rotatable bonds is 11. The predicted octanol–water partition coefficient (Wildman–Crippen LogP) is 2.93. The SMILES string of the molecule is CCCCc1ccc(C(CC(=O)O)N(O)C(=O)CNCP(C)(C)=O)cc1. The van der Waals surface area contributed by atoms with Crippen LogP contribution >= 0.6 is 7.14 Å². The molecule has 1 rings (SSSR count). The number of amides is 1. The predicted molar refractivity (Wildman–Crippen MR) is 101 cm³/mol. The molecule has 1 aromatic rings. The lowest BCUT2D eigenvalue weighted by atomic mass is 10.00. The van der Waals surface area contributed by atoms with Crippen LogP contribution in [0.5, 0.6) is 0 Å². The summed E-state index contributed by atoms with van der Waals surface area (Å²) in [6, 6.07) is 6.29. The molecule has 1 amide bonds. The third-order valence-electron chi connectivity index (χ3n) is 3.87. The van der Waals surface area contributed by atoms with Gasteiger partial charge in [0.05, 0.1) is 26.1 Å². The van der Waals surface area contributed by atoms with Crippen LogP contribution in [0.2, 0.25) is 0 Å². The maximum atomic E-state index is 12.2. The van der Waals surface area contributed by atoms with Crippen LogP contribution in [0, 0.1) is 0 Å². The smallest absolute Gasteiger partial charge is 0.305 e. The van der Waals surface area contributed by atoms with Gasteiger partial charge in [0, 0.05) is 6.29 Å². The van der Waals surface area contributed by atoms with Crippen molar-refractivity contribution >= 4 is 19.0 Å². The number of carbonyl (C=O) groups excluding carboxylic acids is 1. The Bertz CT molecular complexity index is 641. The Morgan fingerprint density at radius 3 is 2.35 bits per heavy atom. The van der Waals surface area contributed by atoms with Crippen LogP contribution < -0.4 is 5.32 Å². The highest BCUT2D eigenvalue weighted by atomic mass is 31.2. The Labute approximate surface area is 154 Å². The average molecular weight is 384 g/mol. The van der Waals surface area contributed by atoms with Gasteiger partial charge < -0.3 is 15.0 Å². The van der Waals surface area contributed by atoms with Crippen LogP contribution in [0.15, 0.2) is 24.3 Å². The number of benzene rings is 1. The molecule has 0 fully saturated rings. The normalized spacial score (nSPS) is 12.6. The first-order valence-electron chi connectivity index (χ1n) is 8.70. The summed E-state index contributed by atoms with van der Waals surface area (Å²) in [6.45, 7) is 5.08. The zero-order valence-corrected chi connectivity index (χ0v) is 16.5. The lowest BCUT2D eigenvalue weighted by molar-refractivity contribution is -0.178. The van der Waals surface area contributed by atoms with Crippen molar-refractivity contribution in [1.82, 2.24) is 10.4 Å². The van der Waals surface area contributed by atoms with Gasteiger partial charge in [-0.25, -0.2) is 5.06 Å². The van der Waals surface area contributed by atoms with E-state index in [2.05, 4.69) is 12.2 Å². The van der Waals surface area contributed by atoms with Crippen molar-refractivity contribution in [1.29, 1.82) is 0 Å². The molecule has 0 saturated heterocycles. The quantitative estimate of drug-likeness (QED) is 0.308. The number of hydroxylamine groups is 2. The average Bonchev–Trinajstić information content (AvgIpc) is 2.56. The van der Waals surface area contributed by atoms with Gasteiger partial charge in [0.15, 0.2) is 0 Å². The largest absolute Gasteiger partial charge is 0.481 e. The van der Waals surface area contributed by atoms with Crippen molar-refractivity contribution < 1.29 is 24.5 Å². The molecule has 7 nitrogen and oxygen atoms in total. The van der Waals surface area contributed by atoms with E-state index < -0.39 is 31.5 Å². The minimum atomic E-state index is -2.33. The molecule has 146 valence electrons. The molecule has 0 radical (unpaired) electrons. The van der Waals surface area contributed by atoms with E-state index in [9.17, 15) is 19.4 Å². The first-order valence-corrected chi connectivity index (χ1v) is 11.5. The van der Waals surface area contributed by atoms with E-state index in [1.54, 1.807) is 25.5 Å². The van der Waals surface area contributed by atoms with Gasteiger partial charge in [0.1, 0.15) is 0 Å². The Kier molecular flexibility index (Phi) is 8.99. The lowest BCUT2D eigenvalue weighted by Gasteiger charge is -2.25. The van der Waals surface area contributed by atoms with E-state index in [1.807, 2.05) is 12.1 Å². The second-order valence-corrected chi connectivity index (χ2v) is 10.3. The van der Waals surface area contributed by atoms with E-state index in [1.165, 1.54) is 0 Å². The zero-order chi connectivity index (χ0) is 19.7. The summed E-state index contributed by atoms with van der Waals surface area (Å²) in [7, 11) is -2.33. The molecule has 0 aliphatic heterocycles. The standard InChI is InChI=1S/C18H29N2O5P/c1-4-5-6-14-7-9-15(10-8-14)16(11-18(22)23)20(24)17(21)12-19-13-26(2,3)25/h7-10,16,19,24H,4-6,11-13H2,1-3H3,(H,22,23). The number of aliphatic carboxylic acids is 1.